The molecule has 2 amide bonds. The summed E-state index contributed by atoms with van der Waals surface area (Å²) in [5.41, 5.74) is 5.17. The minimum absolute atomic E-state index is 0.0411. The van der Waals surface area contributed by atoms with E-state index in [0.29, 0.717) is 0 Å². The zero-order chi connectivity index (χ0) is 19.0. The number of piperidine rings is 1. The van der Waals surface area contributed by atoms with Crippen LogP contribution >= 0.6 is 0 Å². The monoisotopic (exact) mass is 366 g/mol. The second-order valence-corrected chi connectivity index (χ2v) is 7.75. The van der Waals surface area contributed by atoms with Gasteiger partial charge in [0.15, 0.2) is 0 Å². The van der Waals surface area contributed by atoms with E-state index in [2.05, 4.69) is 72.1 Å². The van der Waals surface area contributed by atoms with Crippen LogP contribution in [0, 0.1) is 6.92 Å². The summed E-state index contributed by atoms with van der Waals surface area (Å²) in [7, 11) is 0. The molecule has 0 radical (unpaired) electrons. The first-order valence-corrected chi connectivity index (χ1v) is 10.2. The number of rotatable bonds is 3. The molecular weight excluding hydrogens is 336 g/mol. The predicted octanol–water partition coefficient (Wildman–Crippen LogP) is 4.04. The van der Waals surface area contributed by atoms with Crippen LogP contribution in [-0.2, 0) is 5.54 Å². The van der Waals surface area contributed by atoms with Gasteiger partial charge in [0.1, 0.15) is 0 Å². The highest BCUT2D eigenvalue weighted by molar-refractivity contribution is 5.75. The number of anilines is 1. The highest BCUT2D eigenvalue weighted by atomic mass is 16.2. The quantitative estimate of drug-likeness (QED) is 0.891. The number of aromatic nitrogens is 1. The lowest BCUT2D eigenvalue weighted by atomic mass is 9.80. The number of likely N-dealkylation sites (tertiary alicyclic amines) is 1. The Balaban J connectivity index is 1.68. The van der Waals surface area contributed by atoms with Crippen molar-refractivity contribution in [1.82, 2.24) is 14.8 Å². The average molecular weight is 367 g/mol. The fraction of sp³-hybridized carbons (Fsp3) is 0.500. The van der Waals surface area contributed by atoms with Gasteiger partial charge in [-0.15, -0.1) is 0 Å². The van der Waals surface area contributed by atoms with Crippen molar-refractivity contribution in [1.29, 1.82) is 0 Å². The lowest BCUT2D eigenvalue weighted by Crippen LogP contribution is -2.58. The second kappa shape index (κ2) is 6.95. The normalized spacial score (nSPS) is 17.6. The van der Waals surface area contributed by atoms with Crippen molar-refractivity contribution < 1.29 is 4.79 Å². The van der Waals surface area contributed by atoms with Crippen LogP contribution in [0.4, 0.5) is 10.5 Å². The second-order valence-electron chi connectivity index (χ2n) is 7.75. The molecule has 1 aromatic carbocycles. The minimum atomic E-state index is -0.0411. The van der Waals surface area contributed by atoms with Gasteiger partial charge in [-0.1, -0.05) is 13.0 Å². The van der Waals surface area contributed by atoms with Crippen LogP contribution in [0.5, 0.6) is 0 Å². The molecule has 144 valence electrons. The number of fused-ring (bicyclic) bond motifs is 4. The van der Waals surface area contributed by atoms with Gasteiger partial charge >= 0.3 is 6.03 Å². The van der Waals surface area contributed by atoms with Crippen LogP contribution < -0.4 is 10.2 Å². The molecule has 1 spiro atoms. The molecule has 2 aliphatic rings. The molecule has 5 nitrogen and oxygen atoms in total. The topological polar surface area (TPSA) is 40.5 Å². The maximum Gasteiger partial charge on any atom is 0.317 e. The van der Waals surface area contributed by atoms with Gasteiger partial charge in [-0.25, -0.2) is 4.79 Å². The molecule has 1 fully saturated rings. The molecule has 1 N–H and O–H groups in total. The summed E-state index contributed by atoms with van der Waals surface area (Å²) >= 11 is 0. The Hall–Kier alpha value is -2.43. The highest BCUT2D eigenvalue weighted by Crippen LogP contribution is 2.48. The average Bonchev–Trinajstić information content (AvgIpc) is 3.18. The number of nitrogens with zero attached hydrogens (tertiary/aromatic N) is 3. The van der Waals surface area contributed by atoms with Gasteiger partial charge in [0.05, 0.1) is 16.9 Å². The molecule has 1 aromatic heterocycles. The SMILES string of the molecule is CCCNC(=O)N1CCC2(CC1)c1cccn1-c1ccc(C)cc1N2CC. The number of urea groups is 1. The van der Waals surface area contributed by atoms with Crippen LogP contribution in [0.1, 0.15) is 44.4 Å². The summed E-state index contributed by atoms with van der Waals surface area (Å²) < 4.78 is 2.35. The Morgan fingerprint density at radius 1 is 1.15 bits per heavy atom. The van der Waals surface area contributed by atoms with Crippen molar-refractivity contribution in [2.24, 2.45) is 0 Å². The van der Waals surface area contributed by atoms with Gasteiger partial charge in [-0.3, -0.25) is 0 Å². The summed E-state index contributed by atoms with van der Waals surface area (Å²) in [5.74, 6) is 0. The van der Waals surface area contributed by atoms with E-state index in [1.54, 1.807) is 0 Å². The minimum Gasteiger partial charge on any atom is -0.359 e. The lowest BCUT2D eigenvalue weighted by Gasteiger charge is -2.53. The van der Waals surface area contributed by atoms with Crippen molar-refractivity contribution >= 4 is 11.7 Å². The highest BCUT2D eigenvalue weighted by Gasteiger charge is 2.46. The first kappa shape index (κ1) is 18.0. The Labute approximate surface area is 162 Å². The summed E-state index contributed by atoms with van der Waals surface area (Å²) in [6.45, 7) is 9.77. The van der Waals surface area contributed by atoms with Crippen molar-refractivity contribution in [2.45, 2.75) is 45.6 Å². The van der Waals surface area contributed by atoms with E-state index in [-0.39, 0.29) is 11.6 Å². The maximum atomic E-state index is 12.4. The third-order valence-electron chi connectivity index (χ3n) is 6.14. The number of aryl methyl sites for hydroxylation is 1. The Bertz CT molecular complexity index is 833. The largest absolute Gasteiger partial charge is 0.359 e. The van der Waals surface area contributed by atoms with Crippen LogP contribution in [0.2, 0.25) is 0 Å². The van der Waals surface area contributed by atoms with E-state index in [4.69, 9.17) is 0 Å². The molecule has 1 saturated heterocycles. The zero-order valence-corrected chi connectivity index (χ0v) is 16.7. The van der Waals surface area contributed by atoms with Crippen molar-refractivity contribution in [3.8, 4) is 5.69 Å². The number of amides is 2. The molecule has 0 atom stereocenters. The molecule has 3 heterocycles. The van der Waals surface area contributed by atoms with E-state index in [1.165, 1.54) is 22.6 Å². The molecule has 5 heteroatoms. The van der Waals surface area contributed by atoms with Gasteiger partial charge in [-0.2, -0.15) is 0 Å². The zero-order valence-electron chi connectivity index (χ0n) is 16.7. The molecule has 27 heavy (non-hydrogen) atoms. The van der Waals surface area contributed by atoms with Gasteiger partial charge in [-0.05, 0) is 62.9 Å². The fourth-order valence-corrected chi connectivity index (χ4v) is 4.81. The van der Waals surface area contributed by atoms with E-state index < -0.39 is 0 Å². The lowest BCUT2D eigenvalue weighted by molar-refractivity contribution is 0.151. The molecule has 0 bridgehead atoms. The van der Waals surface area contributed by atoms with Crippen molar-refractivity contribution in [3.63, 3.8) is 0 Å². The Kier molecular flexibility index (Phi) is 4.62. The summed E-state index contributed by atoms with van der Waals surface area (Å²) in [5, 5.41) is 3.02. The third-order valence-corrected chi connectivity index (χ3v) is 6.14. The summed E-state index contributed by atoms with van der Waals surface area (Å²) in [6.07, 6.45) is 5.06. The van der Waals surface area contributed by atoms with Gasteiger partial charge in [0, 0.05) is 38.1 Å². The molecule has 4 rings (SSSR count). The molecule has 0 unspecified atom stereocenters. The number of carbonyl (C=O) groups is 1. The van der Waals surface area contributed by atoms with E-state index in [9.17, 15) is 4.79 Å². The third kappa shape index (κ3) is 2.80. The van der Waals surface area contributed by atoms with Crippen molar-refractivity contribution in [3.05, 3.63) is 47.8 Å². The van der Waals surface area contributed by atoms with Crippen LogP contribution in [0.25, 0.3) is 5.69 Å². The number of hydrogen-bond acceptors (Lipinski definition) is 2. The van der Waals surface area contributed by atoms with Crippen molar-refractivity contribution in [2.75, 3.05) is 31.1 Å². The smallest absolute Gasteiger partial charge is 0.317 e. The fourth-order valence-electron chi connectivity index (χ4n) is 4.81. The van der Waals surface area contributed by atoms with Crippen LogP contribution in [-0.4, -0.2) is 41.7 Å². The first-order valence-electron chi connectivity index (χ1n) is 10.2. The molecule has 0 aliphatic carbocycles. The summed E-state index contributed by atoms with van der Waals surface area (Å²) in [6, 6.07) is 11.2. The molecule has 2 aliphatic heterocycles. The predicted molar refractivity (Wildman–Crippen MR) is 110 cm³/mol. The van der Waals surface area contributed by atoms with E-state index >= 15 is 0 Å². The van der Waals surface area contributed by atoms with E-state index in [0.717, 1.165) is 45.4 Å². The number of hydrogen-bond donors (Lipinski definition) is 1. The van der Waals surface area contributed by atoms with Gasteiger partial charge < -0.3 is 19.7 Å². The summed E-state index contributed by atoms with van der Waals surface area (Å²) in [4.78, 5) is 17.0. The number of benzene rings is 1. The van der Waals surface area contributed by atoms with E-state index in [1.807, 2.05) is 4.90 Å². The number of carbonyl (C=O) groups excluding carboxylic acids is 1. The maximum absolute atomic E-state index is 12.4. The molecule has 0 saturated carbocycles. The standard InChI is InChI=1S/C22H30N4O/c1-4-12-23-21(27)24-14-10-22(11-15-24)20-7-6-13-25(20)18-9-8-17(3)16-19(18)26(22)5-2/h6-9,13,16H,4-5,10-12,14-15H2,1-3H3,(H,23,27). The Morgan fingerprint density at radius 2 is 1.93 bits per heavy atom. The first-order chi connectivity index (χ1) is 13.1. The Morgan fingerprint density at radius 3 is 2.63 bits per heavy atom. The number of nitrogens with one attached hydrogen (secondary N) is 1. The van der Waals surface area contributed by atoms with Crippen LogP contribution in [0.3, 0.4) is 0 Å². The molecule has 2 aromatic rings. The van der Waals surface area contributed by atoms with Crippen LogP contribution in [0.15, 0.2) is 36.5 Å². The molecular formula is C22H30N4O. The van der Waals surface area contributed by atoms with Gasteiger partial charge in [0.25, 0.3) is 0 Å². The van der Waals surface area contributed by atoms with Gasteiger partial charge in [0.2, 0.25) is 0 Å².